The van der Waals surface area contributed by atoms with Gasteiger partial charge in [-0.2, -0.15) is 0 Å². The molecule has 2 N–H and O–H groups in total. The molecule has 0 saturated heterocycles. The first-order valence-electron chi connectivity index (χ1n) is 10.9. The Morgan fingerprint density at radius 2 is 1.75 bits per heavy atom. The van der Waals surface area contributed by atoms with Gasteiger partial charge in [-0.05, 0) is 74.4 Å². The fourth-order valence-corrected chi connectivity index (χ4v) is 5.50. The second-order valence-corrected chi connectivity index (χ2v) is 8.92. The predicted molar refractivity (Wildman–Crippen MR) is 123 cm³/mol. The van der Waals surface area contributed by atoms with Gasteiger partial charge in [-0.1, -0.05) is 29.8 Å². The van der Waals surface area contributed by atoms with Gasteiger partial charge in [-0.15, -0.1) is 0 Å². The highest BCUT2D eigenvalue weighted by Gasteiger charge is 2.41. The van der Waals surface area contributed by atoms with E-state index in [0.29, 0.717) is 35.2 Å². The Morgan fingerprint density at radius 1 is 1.06 bits per heavy atom. The van der Waals surface area contributed by atoms with Crippen LogP contribution in [0.5, 0.6) is 5.75 Å². The maximum atomic E-state index is 13.6. The first-order valence-corrected chi connectivity index (χ1v) is 10.9. The smallest absolute Gasteiger partial charge is 0.336 e. The zero-order valence-electron chi connectivity index (χ0n) is 19.2. The summed E-state index contributed by atoms with van der Waals surface area (Å²) in [6, 6.07) is 11.1. The molecule has 0 saturated carbocycles. The minimum absolute atomic E-state index is 0.0189. The van der Waals surface area contributed by atoms with Gasteiger partial charge >= 0.3 is 5.97 Å². The highest BCUT2D eigenvalue weighted by molar-refractivity contribution is 6.04. The van der Waals surface area contributed by atoms with Gasteiger partial charge < -0.3 is 15.2 Å². The number of carbonyl (C=O) groups excluding carboxylic acids is 2. The molecule has 2 aromatic carbocycles. The number of benzene rings is 2. The fraction of sp³-hybridized carbons (Fsp3) is 0.333. The van der Waals surface area contributed by atoms with E-state index < -0.39 is 11.9 Å². The number of ketones is 1. The molecule has 0 radical (unpaired) electrons. The van der Waals surface area contributed by atoms with E-state index in [1.165, 1.54) is 29.4 Å². The summed E-state index contributed by atoms with van der Waals surface area (Å²) in [4.78, 5) is 26.3. The number of methoxy groups -OCH3 is 1. The van der Waals surface area contributed by atoms with E-state index in [0.717, 1.165) is 5.70 Å². The molecule has 2 aromatic rings. The molecule has 2 unspecified atom stereocenters. The number of dihydropyridines is 1. The lowest BCUT2D eigenvalue weighted by Gasteiger charge is -2.37. The van der Waals surface area contributed by atoms with Gasteiger partial charge in [0.15, 0.2) is 5.78 Å². The van der Waals surface area contributed by atoms with E-state index in [9.17, 15) is 14.7 Å². The highest BCUT2D eigenvalue weighted by atomic mass is 16.5. The van der Waals surface area contributed by atoms with Crippen LogP contribution in [0, 0.1) is 20.8 Å². The molecular weight excluding hydrogens is 402 g/mol. The fourth-order valence-electron chi connectivity index (χ4n) is 5.50. The van der Waals surface area contributed by atoms with Crippen molar-refractivity contribution in [2.75, 3.05) is 7.11 Å². The molecule has 0 aromatic heterocycles. The van der Waals surface area contributed by atoms with Crippen LogP contribution in [0.25, 0.3) is 0 Å². The van der Waals surface area contributed by atoms with Crippen molar-refractivity contribution in [2.45, 2.75) is 52.4 Å². The summed E-state index contributed by atoms with van der Waals surface area (Å²) in [5.41, 5.74) is 8.08. The summed E-state index contributed by atoms with van der Waals surface area (Å²) in [6.07, 6.45) is 1.07. The third-order valence-corrected chi connectivity index (χ3v) is 6.58. The van der Waals surface area contributed by atoms with Gasteiger partial charge in [-0.3, -0.25) is 4.79 Å². The summed E-state index contributed by atoms with van der Waals surface area (Å²) >= 11 is 0. The van der Waals surface area contributed by atoms with Crippen LogP contribution in [-0.4, -0.2) is 24.0 Å². The molecule has 0 spiro atoms. The molecule has 2 atom stereocenters. The van der Waals surface area contributed by atoms with Crippen LogP contribution < -0.4 is 5.32 Å². The van der Waals surface area contributed by atoms with Crippen molar-refractivity contribution in [3.05, 3.63) is 86.8 Å². The maximum absolute atomic E-state index is 13.6. The van der Waals surface area contributed by atoms with E-state index >= 15 is 0 Å². The van der Waals surface area contributed by atoms with Crippen LogP contribution in [0.3, 0.4) is 0 Å². The summed E-state index contributed by atoms with van der Waals surface area (Å²) in [7, 11) is 1.34. The van der Waals surface area contributed by atoms with Crippen LogP contribution in [0.15, 0.2) is 58.9 Å². The zero-order valence-corrected chi connectivity index (χ0v) is 19.2. The molecule has 4 rings (SSSR count). The second kappa shape index (κ2) is 8.30. The minimum atomic E-state index is -0.570. The maximum Gasteiger partial charge on any atom is 0.336 e. The lowest BCUT2D eigenvalue weighted by atomic mass is 9.70. The van der Waals surface area contributed by atoms with E-state index in [1.807, 2.05) is 13.0 Å². The van der Waals surface area contributed by atoms with Gasteiger partial charge in [0.25, 0.3) is 0 Å². The van der Waals surface area contributed by atoms with Crippen LogP contribution in [-0.2, 0) is 14.3 Å². The van der Waals surface area contributed by atoms with Crippen molar-refractivity contribution in [2.24, 2.45) is 0 Å². The monoisotopic (exact) mass is 431 g/mol. The summed E-state index contributed by atoms with van der Waals surface area (Å²) in [5, 5.41) is 13.4. The molecule has 166 valence electrons. The number of allylic oxidation sites excluding steroid dienone is 3. The average molecular weight is 432 g/mol. The molecule has 5 nitrogen and oxygen atoms in total. The highest BCUT2D eigenvalue weighted by Crippen LogP contribution is 2.47. The number of Topliss-reactive ketones (excluding diaryl/α,β-unsaturated/α-hetero) is 1. The molecule has 32 heavy (non-hydrogen) atoms. The molecule has 2 aliphatic rings. The number of ether oxygens (including phenoxy) is 1. The van der Waals surface area contributed by atoms with Crippen molar-refractivity contribution < 1.29 is 19.4 Å². The minimum Gasteiger partial charge on any atom is -0.508 e. The number of aryl methyl sites for hydroxylation is 3. The van der Waals surface area contributed by atoms with E-state index in [1.54, 1.807) is 18.2 Å². The van der Waals surface area contributed by atoms with Crippen molar-refractivity contribution in [3.8, 4) is 5.75 Å². The van der Waals surface area contributed by atoms with Crippen molar-refractivity contribution >= 4 is 11.8 Å². The number of phenolic OH excluding ortho intramolecular Hbond substituents is 1. The lowest BCUT2D eigenvalue weighted by molar-refractivity contribution is -0.136. The quantitative estimate of drug-likeness (QED) is 0.680. The summed E-state index contributed by atoms with van der Waals surface area (Å²) in [6.45, 7) is 8.13. The van der Waals surface area contributed by atoms with Crippen molar-refractivity contribution in [3.63, 3.8) is 0 Å². The lowest BCUT2D eigenvalue weighted by Crippen LogP contribution is -2.36. The Hall–Kier alpha value is -3.34. The summed E-state index contributed by atoms with van der Waals surface area (Å²) < 4.78 is 5.06. The number of aromatic hydroxyl groups is 1. The van der Waals surface area contributed by atoms with Crippen molar-refractivity contribution in [1.82, 2.24) is 5.32 Å². The summed E-state index contributed by atoms with van der Waals surface area (Å²) in [5.74, 6) is -0.858. The third-order valence-electron chi connectivity index (χ3n) is 6.58. The topological polar surface area (TPSA) is 75.6 Å². The van der Waals surface area contributed by atoms with Gasteiger partial charge in [0.1, 0.15) is 5.75 Å². The Kier molecular flexibility index (Phi) is 5.68. The van der Waals surface area contributed by atoms with Gasteiger partial charge in [0.2, 0.25) is 0 Å². The molecule has 0 fully saturated rings. The third kappa shape index (κ3) is 3.72. The first-order chi connectivity index (χ1) is 15.2. The Bertz CT molecular complexity index is 1160. The average Bonchev–Trinajstić information content (AvgIpc) is 2.71. The first kappa shape index (κ1) is 21.9. The number of nitrogens with one attached hydrogen (secondary N) is 1. The van der Waals surface area contributed by atoms with Crippen LogP contribution >= 0.6 is 0 Å². The van der Waals surface area contributed by atoms with Gasteiger partial charge in [0, 0.05) is 29.3 Å². The van der Waals surface area contributed by atoms with Gasteiger partial charge in [-0.25, -0.2) is 4.79 Å². The molecule has 1 heterocycles. The second-order valence-electron chi connectivity index (χ2n) is 8.92. The van der Waals surface area contributed by atoms with Crippen LogP contribution in [0.2, 0.25) is 0 Å². The molecule has 5 heteroatoms. The zero-order chi connectivity index (χ0) is 23.2. The number of carbonyl (C=O) groups is 2. The predicted octanol–water partition coefficient (Wildman–Crippen LogP) is 4.85. The van der Waals surface area contributed by atoms with Crippen LogP contribution in [0.4, 0.5) is 0 Å². The Balaban J connectivity index is 1.84. The molecule has 1 aliphatic carbocycles. The Morgan fingerprint density at radius 3 is 2.38 bits per heavy atom. The van der Waals surface area contributed by atoms with Crippen molar-refractivity contribution in [1.29, 1.82) is 0 Å². The molecule has 0 bridgehead atoms. The normalized spacial score (nSPS) is 20.7. The standard InChI is InChI=1S/C27H29NO4/c1-14-9-15(2)23(16(3)10-14)19-12-21-26(22(30)13-19)25(18-7-6-8-20(29)11-18)24(17(4)28-21)27(31)32-5/h6-11,19,25,28-29H,12-13H2,1-5H3. The number of phenols is 1. The molecule has 1 aliphatic heterocycles. The largest absolute Gasteiger partial charge is 0.508 e. The SMILES string of the molecule is COC(=O)C1=C(C)NC2=C(C(=O)CC(c3c(C)cc(C)cc3C)C2)C1c1cccc(O)c1. The number of rotatable bonds is 3. The van der Waals surface area contributed by atoms with E-state index in [4.69, 9.17) is 4.74 Å². The van der Waals surface area contributed by atoms with E-state index in [2.05, 4.69) is 38.2 Å². The molecule has 0 amide bonds. The Labute approximate surface area is 188 Å². The number of hydrogen-bond donors (Lipinski definition) is 2. The van der Waals surface area contributed by atoms with E-state index in [-0.39, 0.29) is 17.5 Å². The van der Waals surface area contributed by atoms with Gasteiger partial charge in [0.05, 0.1) is 12.7 Å². The molecular formula is C27H29NO4. The number of esters is 1. The number of hydrogen-bond acceptors (Lipinski definition) is 5. The van der Waals surface area contributed by atoms with Crippen LogP contribution in [0.1, 0.15) is 59.4 Å².